The second kappa shape index (κ2) is 11.1. The van der Waals surface area contributed by atoms with E-state index in [1.54, 1.807) is 14.2 Å². The molecular weight excluding hydrogens is 426 g/mol. The fourth-order valence-electron chi connectivity index (χ4n) is 3.65. The molecule has 7 nitrogen and oxygen atoms in total. The van der Waals surface area contributed by atoms with Crippen molar-refractivity contribution in [3.8, 4) is 11.5 Å². The zero-order chi connectivity index (χ0) is 23.8. The van der Waals surface area contributed by atoms with E-state index in [9.17, 15) is 0 Å². The highest BCUT2D eigenvalue weighted by Crippen LogP contribution is 2.31. The molecule has 0 radical (unpaired) electrons. The zero-order valence-corrected chi connectivity index (χ0v) is 19.7. The molecule has 1 heterocycles. The van der Waals surface area contributed by atoms with Crippen molar-refractivity contribution in [1.82, 2.24) is 15.0 Å². The van der Waals surface area contributed by atoms with Gasteiger partial charge in [-0.05, 0) is 36.6 Å². The van der Waals surface area contributed by atoms with Crippen molar-refractivity contribution in [2.24, 2.45) is 0 Å². The molecule has 1 aromatic heterocycles. The molecule has 34 heavy (non-hydrogen) atoms. The van der Waals surface area contributed by atoms with Crippen LogP contribution in [0.15, 0.2) is 78.9 Å². The first-order valence-electron chi connectivity index (χ1n) is 11.2. The standard InChI is InChI=1S/C27H29N5O2/c1-20-28-26(30-24-15-14-23(33-2)18-25(24)34-3)31-27(29-20)32(19-22-12-8-5-9-13-22)17-16-21-10-6-4-7-11-21/h4-15,18H,16-17,19H2,1-3H3,(H,28,29,30,31). The van der Waals surface area contributed by atoms with Crippen LogP contribution in [0.3, 0.4) is 0 Å². The SMILES string of the molecule is COc1ccc(Nc2nc(C)nc(N(CCc3ccccc3)Cc3ccccc3)n2)c(OC)c1. The van der Waals surface area contributed by atoms with Crippen molar-refractivity contribution in [3.63, 3.8) is 0 Å². The summed E-state index contributed by atoms with van der Waals surface area (Å²) < 4.78 is 10.8. The molecule has 7 heteroatoms. The summed E-state index contributed by atoms with van der Waals surface area (Å²) in [6.07, 6.45) is 0.882. The Hall–Kier alpha value is -4.13. The lowest BCUT2D eigenvalue weighted by molar-refractivity contribution is 0.395. The van der Waals surface area contributed by atoms with Gasteiger partial charge in [-0.3, -0.25) is 0 Å². The van der Waals surface area contributed by atoms with Gasteiger partial charge in [0.1, 0.15) is 17.3 Å². The summed E-state index contributed by atoms with van der Waals surface area (Å²) in [5, 5.41) is 3.28. The Labute approximate surface area is 200 Å². The van der Waals surface area contributed by atoms with E-state index in [1.807, 2.05) is 49.4 Å². The average molecular weight is 456 g/mol. The van der Waals surface area contributed by atoms with E-state index >= 15 is 0 Å². The minimum absolute atomic E-state index is 0.462. The summed E-state index contributed by atoms with van der Waals surface area (Å²) in [5.41, 5.74) is 3.21. The smallest absolute Gasteiger partial charge is 0.232 e. The Kier molecular flexibility index (Phi) is 7.55. The molecule has 0 bridgehead atoms. The lowest BCUT2D eigenvalue weighted by Crippen LogP contribution is -2.28. The Balaban J connectivity index is 1.62. The second-order valence-corrected chi connectivity index (χ2v) is 7.84. The fraction of sp³-hybridized carbons (Fsp3) is 0.222. The molecule has 0 amide bonds. The van der Waals surface area contributed by atoms with Gasteiger partial charge < -0.3 is 19.7 Å². The zero-order valence-electron chi connectivity index (χ0n) is 19.7. The summed E-state index contributed by atoms with van der Waals surface area (Å²) >= 11 is 0. The van der Waals surface area contributed by atoms with Gasteiger partial charge in [-0.25, -0.2) is 0 Å². The van der Waals surface area contributed by atoms with Crippen molar-refractivity contribution in [3.05, 3.63) is 95.8 Å². The molecule has 0 spiro atoms. The first-order chi connectivity index (χ1) is 16.6. The van der Waals surface area contributed by atoms with Gasteiger partial charge in [0.25, 0.3) is 0 Å². The molecule has 0 saturated carbocycles. The quantitative estimate of drug-likeness (QED) is 0.353. The molecule has 1 N–H and O–H groups in total. The number of methoxy groups -OCH3 is 2. The molecule has 174 valence electrons. The molecular formula is C27H29N5O2. The van der Waals surface area contributed by atoms with E-state index in [2.05, 4.69) is 56.6 Å². The third-order valence-electron chi connectivity index (χ3n) is 5.40. The third kappa shape index (κ3) is 6.01. The van der Waals surface area contributed by atoms with Crippen LogP contribution >= 0.6 is 0 Å². The Morgan fingerprint density at radius 1 is 0.794 bits per heavy atom. The molecule has 0 saturated heterocycles. The van der Waals surface area contributed by atoms with E-state index < -0.39 is 0 Å². The number of rotatable bonds is 10. The van der Waals surface area contributed by atoms with Gasteiger partial charge in [-0.1, -0.05) is 60.7 Å². The van der Waals surface area contributed by atoms with Crippen LogP contribution in [0.25, 0.3) is 0 Å². The highest BCUT2D eigenvalue weighted by molar-refractivity contribution is 5.64. The maximum atomic E-state index is 5.51. The van der Waals surface area contributed by atoms with Crippen molar-refractivity contribution in [2.45, 2.75) is 19.9 Å². The largest absolute Gasteiger partial charge is 0.497 e. The summed E-state index contributed by atoms with van der Waals surface area (Å²) in [5.74, 6) is 3.08. The second-order valence-electron chi connectivity index (χ2n) is 7.84. The maximum Gasteiger partial charge on any atom is 0.232 e. The fourth-order valence-corrected chi connectivity index (χ4v) is 3.65. The maximum absolute atomic E-state index is 5.51. The molecule has 0 unspecified atom stereocenters. The molecule has 3 aromatic carbocycles. The predicted octanol–water partition coefficient (Wildman–Crippen LogP) is 5.19. The Morgan fingerprint density at radius 2 is 1.50 bits per heavy atom. The van der Waals surface area contributed by atoms with Gasteiger partial charge in [-0.2, -0.15) is 15.0 Å². The van der Waals surface area contributed by atoms with Crippen LogP contribution in [0.4, 0.5) is 17.6 Å². The topological polar surface area (TPSA) is 72.4 Å². The number of anilines is 3. The van der Waals surface area contributed by atoms with E-state index in [0.29, 0.717) is 35.8 Å². The van der Waals surface area contributed by atoms with Crippen LogP contribution in [0.2, 0.25) is 0 Å². The van der Waals surface area contributed by atoms with E-state index in [4.69, 9.17) is 14.5 Å². The van der Waals surface area contributed by atoms with Gasteiger partial charge in [0.2, 0.25) is 11.9 Å². The number of benzene rings is 3. The average Bonchev–Trinajstić information content (AvgIpc) is 2.87. The molecule has 4 rings (SSSR count). The predicted molar refractivity (Wildman–Crippen MR) is 135 cm³/mol. The summed E-state index contributed by atoms with van der Waals surface area (Å²) in [7, 11) is 3.25. The van der Waals surface area contributed by atoms with E-state index in [0.717, 1.165) is 18.7 Å². The monoisotopic (exact) mass is 455 g/mol. The normalized spacial score (nSPS) is 10.6. The molecule has 0 atom stereocenters. The molecule has 4 aromatic rings. The van der Waals surface area contributed by atoms with Gasteiger partial charge in [0.05, 0.1) is 19.9 Å². The molecule has 0 aliphatic rings. The van der Waals surface area contributed by atoms with Crippen LogP contribution in [-0.4, -0.2) is 35.7 Å². The third-order valence-corrected chi connectivity index (χ3v) is 5.40. The van der Waals surface area contributed by atoms with Crippen molar-refractivity contribution >= 4 is 17.6 Å². The van der Waals surface area contributed by atoms with Crippen LogP contribution < -0.4 is 19.7 Å². The first kappa shape index (κ1) is 23.0. The van der Waals surface area contributed by atoms with Gasteiger partial charge in [0.15, 0.2) is 0 Å². The number of hydrogen-bond donors (Lipinski definition) is 1. The lowest BCUT2D eigenvalue weighted by Gasteiger charge is -2.23. The van der Waals surface area contributed by atoms with Gasteiger partial charge >= 0.3 is 0 Å². The van der Waals surface area contributed by atoms with Crippen molar-refractivity contribution < 1.29 is 9.47 Å². The highest BCUT2D eigenvalue weighted by atomic mass is 16.5. The number of ether oxygens (including phenoxy) is 2. The molecule has 0 aliphatic heterocycles. The minimum atomic E-state index is 0.462. The number of nitrogens with one attached hydrogen (secondary N) is 1. The molecule has 0 aliphatic carbocycles. The Morgan fingerprint density at radius 3 is 2.18 bits per heavy atom. The highest BCUT2D eigenvalue weighted by Gasteiger charge is 2.15. The van der Waals surface area contributed by atoms with Crippen LogP contribution in [0.5, 0.6) is 11.5 Å². The summed E-state index contributed by atoms with van der Waals surface area (Å²) in [6, 6.07) is 26.4. The lowest BCUT2D eigenvalue weighted by atomic mass is 10.1. The van der Waals surface area contributed by atoms with Crippen molar-refractivity contribution in [2.75, 3.05) is 31.0 Å². The van der Waals surface area contributed by atoms with Crippen LogP contribution in [-0.2, 0) is 13.0 Å². The van der Waals surface area contributed by atoms with E-state index in [-0.39, 0.29) is 0 Å². The summed E-state index contributed by atoms with van der Waals surface area (Å²) in [6.45, 7) is 3.34. The number of nitrogens with zero attached hydrogens (tertiary/aromatic N) is 4. The summed E-state index contributed by atoms with van der Waals surface area (Å²) in [4.78, 5) is 16.1. The van der Waals surface area contributed by atoms with Gasteiger partial charge in [-0.15, -0.1) is 0 Å². The first-order valence-corrected chi connectivity index (χ1v) is 11.2. The van der Waals surface area contributed by atoms with Crippen LogP contribution in [0.1, 0.15) is 17.0 Å². The number of aromatic nitrogens is 3. The van der Waals surface area contributed by atoms with E-state index in [1.165, 1.54) is 11.1 Å². The van der Waals surface area contributed by atoms with Gasteiger partial charge in [0, 0.05) is 19.2 Å². The number of hydrogen-bond acceptors (Lipinski definition) is 7. The Bertz CT molecular complexity index is 1200. The van der Waals surface area contributed by atoms with Crippen molar-refractivity contribution in [1.29, 1.82) is 0 Å². The number of aryl methyl sites for hydroxylation is 1. The van der Waals surface area contributed by atoms with Crippen LogP contribution in [0, 0.1) is 6.92 Å². The molecule has 0 fully saturated rings. The minimum Gasteiger partial charge on any atom is -0.497 e.